The normalized spacial score (nSPS) is 12.0. The van der Waals surface area contributed by atoms with E-state index in [9.17, 15) is 13.2 Å². The molecule has 0 bridgehead atoms. The Bertz CT molecular complexity index is 605. The minimum Gasteiger partial charge on any atom is -0.166 e. The molecule has 2 rings (SSSR count). The van der Waals surface area contributed by atoms with E-state index in [1.165, 1.54) is 12.1 Å². The van der Waals surface area contributed by atoms with Crippen molar-refractivity contribution in [3.63, 3.8) is 0 Å². The van der Waals surface area contributed by atoms with Crippen LogP contribution in [0.3, 0.4) is 0 Å². The van der Waals surface area contributed by atoms with Gasteiger partial charge in [0.1, 0.15) is 0 Å². The summed E-state index contributed by atoms with van der Waals surface area (Å²) in [5.74, 6) is 0. The number of halogens is 3. The fourth-order valence-corrected chi connectivity index (χ4v) is 2.18. The largest absolute Gasteiger partial charge is 0.416 e. The molecule has 0 N–H and O–H groups in total. The lowest BCUT2D eigenvalue weighted by molar-refractivity contribution is -0.137. The Labute approximate surface area is 129 Å². The number of alkyl halides is 3. The Hall–Kier alpha value is -2.03. The minimum atomic E-state index is -4.27. The first-order chi connectivity index (χ1) is 10.5. The summed E-state index contributed by atoms with van der Waals surface area (Å²) >= 11 is 0. The monoisotopic (exact) mass is 304 g/mol. The van der Waals surface area contributed by atoms with E-state index >= 15 is 0 Å². The number of hydrogen-bond donors (Lipinski definition) is 0. The van der Waals surface area contributed by atoms with Gasteiger partial charge < -0.3 is 0 Å². The second-order valence-electron chi connectivity index (χ2n) is 5.30. The zero-order valence-electron chi connectivity index (χ0n) is 12.5. The van der Waals surface area contributed by atoms with Crippen LogP contribution in [0, 0.1) is 0 Å². The molecule has 0 aliphatic rings. The van der Waals surface area contributed by atoms with Crippen LogP contribution >= 0.6 is 0 Å². The van der Waals surface area contributed by atoms with E-state index in [-0.39, 0.29) is 0 Å². The molecule has 0 saturated heterocycles. The molecule has 116 valence electrons. The molecule has 0 saturated carbocycles. The molecule has 0 heterocycles. The molecule has 0 unspecified atom stereocenters. The number of benzene rings is 2. The van der Waals surface area contributed by atoms with Gasteiger partial charge in [0.25, 0.3) is 0 Å². The highest BCUT2D eigenvalue weighted by molar-refractivity contribution is 5.49. The molecule has 0 aromatic heterocycles. The molecular formula is C19H19F3. The molecule has 0 nitrogen and oxygen atoms in total. The molecular weight excluding hydrogens is 285 g/mol. The molecule has 0 aliphatic heterocycles. The molecule has 0 atom stereocenters. The topological polar surface area (TPSA) is 0 Å². The number of allylic oxidation sites excluding steroid dienone is 1. The van der Waals surface area contributed by atoms with Crippen LogP contribution < -0.4 is 0 Å². The second-order valence-corrected chi connectivity index (χ2v) is 5.30. The van der Waals surface area contributed by atoms with Crippen LogP contribution in [0.5, 0.6) is 0 Å². The van der Waals surface area contributed by atoms with Gasteiger partial charge in [0.2, 0.25) is 0 Å². The Kier molecular flexibility index (Phi) is 5.42. The zero-order valence-corrected chi connectivity index (χ0v) is 12.5. The van der Waals surface area contributed by atoms with Crippen LogP contribution in [-0.4, -0.2) is 0 Å². The summed E-state index contributed by atoms with van der Waals surface area (Å²) in [7, 11) is 0. The molecule has 22 heavy (non-hydrogen) atoms. The third-order valence-corrected chi connectivity index (χ3v) is 3.43. The summed E-state index contributed by atoms with van der Waals surface area (Å²) in [6.07, 6.45) is 2.79. The van der Waals surface area contributed by atoms with Gasteiger partial charge in [0.15, 0.2) is 0 Å². The fraction of sp³-hybridized carbons (Fsp3) is 0.263. The van der Waals surface area contributed by atoms with Crippen LogP contribution in [0.2, 0.25) is 0 Å². The van der Waals surface area contributed by atoms with E-state index in [0.717, 1.165) is 41.7 Å². The summed E-state index contributed by atoms with van der Waals surface area (Å²) in [6.45, 7) is 2.14. The maximum absolute atomic E-state index is 12.5. The average molecular weight is 304 g/mol. The van der Waals surface area contributed by atoms with Crippen molar-refractivity contribution in [3.05, 3.63) is 76.9 Å². The van der Waals surface area contributed by atoms with Crippen LogP contribution in [0.15, 0.2) is 54.6 Å². The van der Waals surface area contributed by atoms with Crippen molar-refractivity contribution >= 4 is 6.08 Å². The summed E-state index contributed by atoms with van der Waals surface area (Å²) in [4.78, 5) is 0. The van der Waals surface area contributed by atoms with Crippen molar-refractivity contribution in [1.82, 2.24) is 0 Å². The Morgan fingerprint density at radius 3 is 1.91 bits per heavy atom. The van der Waals surface area contributed by atoms with Gasteiger partial charge >= 0.3 is 6.18 Å². The van der Waals surface area contributed by atoms with E-state index in [4.69, 9.17) is 0 Å². The standard InChI is InChI=1S/C19H19F3/c1-2-3-4-5-15-6-8-16(9-7-15)14-17-10-12-18(13-11-17)19(20,21)22/h4-13H,2-3,14H2,1H3. The van der Waals surface area contributed by atoms with Crippen LogP contribution in [0.4, 0.5) is 13.2 Å². The smallest absolute Gasteiger partial charge is 0.166 e. The van der Waals surface area contributed by atoms with Crippen LogP contribution in [0.25, 0.3) is 6.08 Å². The van der Waals surface area contributed by atoms with Gasteiger partial charge in [-0.2, -0.15) is 13.2 Å². The molecule has 0 aliphatic carbocycles. The average Bonchev–Trinajstić information content (AvgIpc) is 2.49. The lowest BCUT2D eigenvalue weighted by Crippen LogP contribution is -2.04. The maximum atomic E-state index is 12.5. The predicted molar refractivity (Wildman–Crippen MR) is 84.6 cm³/mol. The van der Waals surface area contributed by atoms with Crippen molar-refractivity contribution < 1.29 is 13.2 Å². The van der Waals surface area contributed by atoms with E-state index < -0.39 is 11.7 Å². The molecule has 2 aromatic rings. The van der Waals surface area contributed by atoms with Crippen molar-refractivity contribution in [2.75, 3.05) is 0 Å². The lowest BCUT2D eigenvalue weighted by Gasteiger charge is -2.08. The Morgan fingerprint density at radius 2 is 1.41 bits per heavy atom. The van der Waals surface area contributed by atoms with Gasteiger partial charge in [0, 0.05) is 0 Å². The molecule has 2 aromatic carbocycles. The van der Waals surface area contributed by atoms with Gasteiger partial charge in [-0.1, -0.05) is 61.9 Å². The highest BCUT2D eigenvalue weighted by atomic mass is 19.4. The van der Waals surface area contributed by atoms with Gasteiger partial charge in [-0.05, 0) is 41.7 Å². The van der Waals surface area contributed by atoms with E-state index in [1.54, 1.807) is 0 Å². The number of hydrogen-bond acceptors (Lipinski definition) is 0. The summed E-state index contributed by atoms with van der Waals surface area (Å²) < 4.78 is 37.5. The van der Waals surface area contributed by atoms with Gasteiger partial charge in [-0.15, -0.1) is 0 Å². The van der Waals surface area contributed by atoms with Crippen molar-refractivity contribution in [1.29, 1.82) is 0 Å². The summed E-state index contributed by atoms with van der Waals surface area (Å²) in [6, 6.07) is 13.5. The second kappa shape index (κ2) is 7.30. The summed E-state index contributed by atoms with van der Waals surface area (Å²) in [5.41, 5.74) is 2.51. The van der Waals surface area contributed by atoms with E-state index in [1.807, 2.05) is 24.3 Å². The van der Waals surface area contributed by atoms with Crippen LogP contribution in [-0.2, 0) is 12.6 Å². The molecule has 0 amide bonds. The lowest BCUT2D eigenvalue weighted by atomic mass is 10.0. The zero-order chi connectivity index (χ0) is 16.0. The summed E-state index contributed by atoms with van der Waals surface area (Å²) in [5, 5.41) is 0. The molecule has 0 fully saturated rings. The first-order valence-corrected chi connectivity index (χ1v) is 7.40. The van der Waals surface area contributed by atoms with Crippen molar-refractivity contribution in [3.8, 4) is 0 Å². The highest BCUT2D eigenvalue weighted by Crippen LogP contribution is 2.29. The fourth-order valence-electron chi connectivity index (χ4n) is 2.18. The molecule has 0 radical (unpaired) electrons. The first-order valence-electron chi connectivity index (χ1n) is 7.40. The third-order valence-electron chi connectivity index (χ3n) is 3.43. The van der Waals surface area contributed by atoms with Crippen molar-refractivity contribution in [2.24, 2.45) is 0 Å². The maximum Gasteiger partial charge on any atom is 0.416 e. The SMILES string of the molecule is CCCC=Cc1ccc(Cc2ccc(C(F)(F)F)cc2)cc1. The quantitative estimate of drug-likeness (QED) is 0.625. The Balaban J connectivity index is 2.01. The van der Waals surface area contributed by atoms with E-state index in [0.29, 0.717) is 6.42 Å². The first kappa shape index (κ1) is 16.3. The predicted octanol–water partition coefficient (Wildman–Crippen LogP) is 6.11. The van der Waals surface area contributed by atoms with E-state index in [2.05, 4.69) is 19.1 Å². The minimum absolute atomic E-state index is 0.604. The van der Waals surface area contributed by atoms with Gasteiger partial charge in [0.05, 0.1) is 5.56 Å². The highest BCUT2D eigenvalue weighted by Gasteiger charge is 2.29. The van der Waals surface area contributed by atoms with Crippen molar-refractivity contribution in [2.45, 2.75) is 32.4 Å². The third kappa shape index (κ3) is 4.76. The Morgan fingerprint density at radius 1 is 0.864 bits per heavy atom. The number of unbranched alkanes of at least 4 members (excludes halogenated alkanes) is 1. The molecule has 0 spiro atoms. The number of rotatable bonds is 5. The van der Waals surface area contributed by atoms with Gasteiger partial charge in [-0.3, -0.25) is 0 Å². The van der Waals surface area contributed by atoms with Crippen LogP contribution in [0.1, 0.15) is 42.0 Å². The molecule has 3 heteroatoms. The van der Waals surface area contributed by atoms with Gasteiger partial charge in [-0.25, -0.2) is 0 Å².